The summed E-state index contributed by atoms with van der Waals surface area (Å²) in [5.74, 6) is 2.65. The Hall–Kier alpha value is -1.98. The van der Waals surface area contributed by atoms with Gasteiger partial charge in [-0.2, -0.15) is 0 Å². The molecule has 2 aliphatic heterocycles. The SMILES string of the molecule is c1ccc2c(c1)CCO[C@H]2CNc1nc(C2CC2)nc2c1CCNCC2. The number of nitrogens with zero attached hydrogens (tertiary/aromatic N) is 2. The topological polar surface area (TPSA) is 59.1 Å². The van der Waals surface area contributed by atoms with Crippen molar-refractivity contribution < 1.29 is 4.74 Å². The van der Waals surface area contributed by atoms with Gasteiger partial charge in [-0.05, 0) is 43.4 Å². The second kappa shape index (κ2) is 6.97. The molecule has 3 heterocycles. The number of rotatable bonds is 4. The van der Waals surface area contributed by atoms with Gasteiger partial charge in [-0.3, -0.25) is 0 Å². The maximum Gasteiger partial charge on any atom is 0.134 e. The predicted molar refractivity (Wildman–Crippen MR) is 102 cm³/mol. The Balaban J connectivity index is 1.41. The third-order valence-electron chi connectivity index (χ3n) is 5.69. The van der Waals surface area contributed by atoms with E-state index >= 15 is 0 Å². The molecule has 1 aromatic carbocycles. The van der Waals surface area contributed by atoms with Crippen LogP contribution in [0.2, 0.25) is 0 Å². The standard InChI is InChI=1S/C21H26N4O/c1-2-4-16-14(3-1)9-12-26-19(16)13-23-21-17-7-10-22-11-8-18(17)24-20(25-21)15-5-6-15/h1-4,15,19,22H,5-13H2,(H,23,24,25)/t19-/m0/s1. The second-order valence-corrected chi connectivity index (χ2v) is 7.57. The Morgan fingerprint density at radius 1 is 1.08 bits per heavy atom. The molecule has 1 aromatic heterocycles. The van der Waals surface area contributed by atoms with Crippen molar-refractivity contribution in [3.05, 3.63) is 52.5 Å². The van der Waals surface area contributed by atoms with E-state index in [2.05, 4.69) is 34.9 Å². The van der Waals surface area contributed by atoms with E-state index in [0.717, 1.165) is 57.1 Å². The summed E-state index contributed by atoms with van der Waals surface area (Å²) in [6.07, 6.45) is 5.55. The highest BCUT2D eigenvalue weighted by atomic mass is 16.5. The maximum absolute atomic E-state index is 6.07. The van der Waals surface area contributed by atoms with Gasteiger partial charge >= 0.3 is 0 Å². The monoisotopic (exact) mass is 350 g/mol. The van der Waals surface area contributed by atoms with Crippen LogP contribution in [-0.2, 0) is 24.0 Å². The molecule has 5 heteroatoms. The largest absolute Gasteiger partial charge is 0.371 e. The van der Waals surface area contributed by atoms with Crippen LogP contribution in [0.1, 0.15) is 53.1 Å². The van der Waals surface area contributed by atoms with E-state index in [0.29, 0.717) is 5.92 Å². The maximum atomic E-state index is 6.07. The molecule has 0 saturated heterocycles. The average molecular weight is 350 g/mol. The zero-order chi connectivity index (χ0) is 17.3. The fourth-order valence-corrected chi connectivity index (χ4v) is 4.07. The number of hydrogen-bond donors (Lipinski definition) is 2. The van der Waals surface area contributed by atoms with Crippen molar-refractivity contribution in [3.8, 4) is 0 Å². The van der Waals surface area contributed by atoms with Crippen LogP contribution in [-0.4, -0.2) is 36.2 Å². The Labute approximate surface area is 154 Å². The van der Waals surface area contributed by atoms with Crippen LogP contribution in [0.15, 0.2) is 24.3 Å². The van der Waals surface area contributed by atoms with Gasteiger partial charge in [0.15, 0.2) is 0 Å². The smallest absolute Gasteiger partial charge is 0.134 e. The van der Waals surface area contributed by atoms with Gasteiger partial charge in [0.25, 0.3) is 0 Å². The molecule has 26 heavy (non-hydrogen) atoms. The first-order chi connectivity index (χ1) is 12.9. The Kier molecular flexibility index (Phi) is 4.35. The zero-order valence-electron chi connectivity index (χ0n) is 15.1. The molecule has 1 saturated carbocycles. The quantitative estimate of drug-likeness (QED) is 0.888. The summed E-state index contributed by atoms with van der Waals surface area (Å²) in [7, 11) is 0. The summed E-state index contributed by atoms with van der Waals surface area (Å²) in [5.41, 5.74) is 5.26. The average Bonchev–Trinajstić information content (AvgIpc) is 3.52. The predicted octanol–water partition coefficient (Wildman–Crippen LogP) is 2.77. The van der Waals surface area contributed by atoms with E-state index < -0.39 is 0 Å². The lowest BCUT2D eigenvalue weighted by molar-refractivity contribution is 0.0513. The molecule has 0 spiro atoms. The highest BCUT2D eigenvalue weighted by molar-refractivity contribution is 5.49. The molecule has 0 amide bonds. The van der Waals surface area contributed by atoms with Crippen LogP contribution in [0, 0.1) is 0 Å². The summed E-state index contributed by atoms with van der Waals surface area (Å²) < 4.78 is 6.07. The minimum absolute atomic E-state index is 0.0962. The summed E-state index contributed by atoms with van der Waals surface area (Å²) >= 11 is 0. The molecule has 0 unspecified atom stereocenters. The van der Waals surface area contributed by atoms with E-state index in [-0.39, 0.29) is 6.10 Å². The van der Waals surface area contributed by atoms with Gasteiger partial charge < -0.3 is 15.4 Å². The van der Waals surface area contributed by atoms with Crippen LogP contribution in [0.3, 0.4) is 0 Å². The second-order valence-electron chi connectivity index (χ2n) is 7.57. The molecule has 1 atom stereocenters. The summed E-state index contributed by atoms with van der Waals surface area (Å²) in [6.45, 7) is 3.56. The zero-order valence-corrected chi connectivity index (χ0v) is 15.1. The van der Waals surface area contributed by atoms with Crippen molar-refractivity contribution in [3.63, 3.8) is 0 Å². The molecule has 1 aliphatic carbocycles. The van der Waals surface area contributed by atoms with Crippen LogP contribution >= 0.6 is 0 Å². The van der Waals surface area contributed by atoms with Crippen molar-refractivity contribution >= 4 is 5.82 Å². The number of benzene rings is 1. The number of aromatic nitrogens is 2. The normalized spacial score (nSPS) is 22.2. The van der Waals surface area contributed by atoms with Crippen molar-refractivity contribution in [1.82, 2.24) is 15.3 Å². The fourth-order valence-electron chi connectivity index (χ4n) is 4.07. The summed E-state index contributed by atoms with van der Waals surface area (Å²) in [5, 5.41) is 7.11. The molecule has 3 aliphatic rings. The lowest BCUT2D eigenvalue weighted by Gasteiger charge is -2.27. The molecular weight excluding hydrogens is 324 g/mol. The molecule has 0 radical (unpaired) electrons. The van der Waals surface area contributed by atoms with Gasteiger partial charge in [-0.25, -0.2) is 9.97 Å². The molecule has 1 fully saturated rings. The number of nitrogens with one attached hydrogen (secondary N) is 2. The van der Waals surface area contributed by atoms with Crippen LogP contribution in [0.25, 0.3) is 0 Å². The third-order valence-corrected chi connectivity index (χ3v) is 5.69. The van der Waals surface area contributed by atoms with Gasteiger partial charge in [-0.15, -0.1) is 0 Å². The van der Waals surface area contributed by atoms with Gasteiger partial charge in [-0.1, -0.05) is 24.3 Å². The first kappa shape index (κ1) is 16.2. The molecular formula is C21H26N4O. The van der Waals surface area contributed by atoms with E-state index in [1.54, 1.807) is 0 Å². The highest BCUT2D eigenvalue weighted by Gasteiger charge is 2.29. The Bertz CT molecular complexity index is 803. The van der Waals surface area contributed by atoms with Crippen LogP contribution < -0.4 is 10.6 Å². The lowest BCUT2D eigenvalue weighted by atomic mass is 9.97. The van der Waals surface area contributed by atoms with Gasteiger partial charge in [0, 0.05) is 31.0 Å². The lowest BCUT2D eigenvalue weighted by Crippen LogP contribution is -2.24. The Morgan fingerprint density at radius 2 is 1.96 bits per heavy atom. The minimum atomic E-state index is 0.0962. The number of hydrogen-bond acceptors (Lipinski definition) is 5. The first-order valence-electron chi connectivity index (χ1n) is 9.92. The van der Waals surface area contributed by atoms with Crippen molar-refractivity contribution in [2.24, 2.45) is 0 Å². The molecule has 2 aromatic rings. The van der Waals surface area contributed by atoms with Crippen molar-refractivity contribution in [2.45, 2.75) is 44.1 Å². The van der Waals surface area contributed by atoms with E-state index in [9.17, 15) is 0 Å². The fraction of sp³-hybridized carbons (Fsp3) is 0.524. The number of ether oxygens (including phenoxy) is 1. The molecule has 136 valence electrons. The molecule has 2 N–H and O–H groups in total. The molecule has 5 rings (SSSR count). The molecule has 5 nitrogen and oxygen atoms in total. The van der Waals surface area contributed by atoms with Crippen LogP contribution in [0.4, 0.5) is 5.82 Å². The minimum Gasteiger partial charge on any atom is -0.371 e. The van der Waals surface area contributed by atoms with Gasteiger partial charge in [0.1, 0.15) is 11.6 Å². The molecule has 0 bridgehead atoms. The van der Waals surface area contributed by atoms with Crippen LogP contribution in [0.5, 0.6) is 0 Å². The van der Waals surface area contributed by atoms with E-state index in [1.165, 1.54) is 35.2 Å². The summed E-state index contributed by atoms with van der Waals surface area (Å²) in [4.78, 5) is 9.83. The first-order valence-corrected chi connectivity index (χ1v) is 9.92. The van der Waals surface area contributed by atoms with Crippen molar-refractivity contribution in [1.29, 1.82) is 0 Å². The third kappa shape index (κ3) is 3.21. The van der Waals surface area contributed by atoms with E-state index in [1.807, 2.05) is 0 Å². The number of fused-ring (bicyclic) bond motifs is 2. The highest BCUT2D eigenvalue weighted by Crippen LogP contribution is 2.39. The van der Waals surface area contributed by atoms with E-state index in [4.69, 9.17) is 14.7 Å². The number of anilines is 1. The van der Waals surface area contributed by atoms with Gasteiger partial charge in [0.2, 0.25) is 0 Å². The Morgan fingerprint density at radius 3 is 2.88 bits per heavy atom. The van der Waals surface area contributed by atoms with Crippen molar-refractivity contribution in [2.75, 3.05) is 31.6 Å². The summed E-state index contributed by atoms with van der Waals surface area (Å²) in [6, 6.07) is 8.64. The van der Waals surface area contributed by atoms with Gasteiger partial charge in [0.05, 0.1) is 18.4 Å².